The highest BCUT2D eigenvalue weighted by Crippen LogP contribution is 2.12. The molecule has 12 heavy (non-hydrogen) atoms. The highest BCUT2D eigenvalue weighted by atomic mass is 35.5. The van der Waals surface area contributed by atoms with Crippen molar-refractivity contribution in [2.45, 2.75) is 11.6 Å². The van der Waals surface area contributed by atoms with Crippen molar-refractivity contribution in [3.8, 4) is 0 Å². The molecule has 1 atom stereocenters. The van der Waals surface area contributed by atoms with Crippen molar-refractivity contribution in [3.05, 3.63) is 35.4 Å². The van der Waals surface area contributed by atoms with Crippen molar-refractivity contribution < 1.29 is 8.76 Å². The predicted molar refractivity (Wildman–Crippen MR) is 50.5 cm³/mol. The fourth-order valence-corrected chi connectivity index (χ4v) is 1.77. The van der Waals surface area contributed by atoms with Gasteiger partial charge in [-0.3, -0.25) is 0 Å². The Morgan fingerprint density at radius 2 is 1.92 bits per heavy atom. The lowest BCUT2D eigenvalue weighted by molar-refractivity contribution is 0.563. The highest BCUT2D eigenvalue weighted by molar-refractivity contribution is 7.78. The van der Waals surface area contributed by atoms with Crippen LogP contribution < -0.4 is 0 Å². The normalized spacial score (nSPS) is 12.8. The van der Waals surface area contributed by atoms with E-state index in [0.717, 1.165) is 11.1 Å². The average Bonchev–Trinajstić information content (AvgIpc) is 2.04. The topological polar surface area (TPSA) is 37.3 Å². The lowest BCUT2D eigenvalue weighted by Crippen LogP contribution is -1.96. The molecule has 0 saturated heterocycles. The molecule has 1 rings (SSSR count). The first-order valence-corrected chi connectivity index (χ1v) is 5.25. The Kier molecular flexibility index (Phi) is 3.72. The molecule has 0 radical (unpaired) electrons. The quantitative estimate of drug-likeness (QED) is 0.605. The number of rotatable bonds is 3. The molecular formula is C8H9ClO2S. The number of hydrogen-bond donors (Lipinski definition) is 1. The molecule has 0 aliphatic rings. The summed E-state index contributed by atoms with van der Waals surface area (Å²) in [5.41, 5.74) is 1.76. The summed E-state index contributed by atoms with van der Waals surface area (Å²) in [5.74, 6) is 0.538. The van der Waals surface area contributed by atoms with E-state index < -0.39 is 11.1 Å². The van der Waals surface area contributed by atoms with Crippen molar-refractivity contribution in [1.29, 1.82) is 0 Å². The number of benzene rings is 1. The molecule has 1 N–H and O–H groups in total. The van der Waals surface area contributed by atoms with Crippen LogP contribution in [-0.2, 0) is 22.7 Å². The molecule has 1 unspecified atom stereocenters. The molecule has 0 aliphatic carbocycles. The van der Waals surface area contributed by atoms with Gasteiger partial charge in [-0.05, 0) is 11.1 Å². The van der Waals surface area contributed by atoms with Gasteiger partial charge in [0.05, 0.1) is 5.75 Å². The molecule has 0 bridgehead atoms. The molecule has 4 heteroatoms. The molecule has 0 aromatic heterocycles. The molecule has 2 nitrogen and oxygen atoms in total. The SMILES string of the molecule is O=S(O)Cc1ccccc1CCl. The maximum atomic E-state index is 10.5. The Balaban J connectivity index is 2.89. The summed E-state index contributed by atoms with van der Waals surface area (Å²) in [7, 11) is 0. The minimum Gasteiger partial charge on any atom is -0.306 e. The number of hydrogen-bond acceptors (Lipinski definition) is 1. The van der Waals surface area contributed by atoms with Gasteiger partial charge in [-0.2, -0.15) is 0 Å². The molecule has 0 saturated carbocycles. The molecule has 0 heterocycles. The largest absolute Gasteiger partial charge is 0.306 e. The van der Waals surface area contributed by atoms with Gasteiger partial charge in [0, 0.05) is 5.88 Å². The molecule has 1 aromatic rings. The van der Waals surface area contributed by atoms with Gasteiger partial charge in [0.25, 0.3) is 0 Å². The first-order chi connectivity index (χ1) is 5.74. The standard InChI is InChI=1S/C8H9ClO2S/c9-5-7-3-1-2-4-8(7)6-12(10)11/h1-4H,5-6H2,(H,10,11). The second kappa shape index (κ2) is 4.60. The van der Waals surface area contributed by atoms with Crippen LogP contribution in [0.5, 0.6) is 0 Å². The van der Waals surface area contributed by atoms with Gasteiger partial charge in [-0.1, -0.05) is 24.3 Å². The van der Waals surface area contributed by atoms with E-state index in [1.807, 2.05) is 24.3 Å². The first-order valence-electron chi connectivity index (χ1n) is 3.44. The van der Waals surface area contributed by atoms with Gasteiger partial charge in [0.1, 0.15) is 0 Å². The lowest BCUT2D eigenvalue weighted by Gasteiger charge is -2.02. The second-order valence-corrected chi connectivity index (χ2v) is 3.57. The molecule has 1 aromatic carbocycles. The molecule has 66 valence electrons. The van der Waals surface area contributed by atoms with Gasteiger partial charge in [0.2, 0.25) is 0 Å². The average molecular weight is 205 g/mol. The van der Waals surface area contributed by atoms with Crippen LogP contribution >= 0.6 is 11.6 Å². The molecule has 0 fully saturated rings. The maximum Gasteiger partial charge on any atom is 0.157 e. The van der Waals surface area contributed by atoms with Crippen LogP contribution in [0.15, 0.2) is 24.3 Å². The molecule has 0 amide bonds. The van der Waals surface area contributed by atoms with Crippen LogP contribution in [0.2, 0.25) is 0 Å². The van der Waals surface area contributed by atoms with Crippen molar-refractivity contribution in [2.75, 3.05) is 0 Å². The fourth-order valence-electron chi connectivity index (χ4n) is 0.962. The summed E-state index contributed by atoms with van der Waals surface area (Å²) in [6.07, 6.45) is 0. The zero-order chi connectivity index (χ0) is 8.97. The monoisotopic (exact) mass is 204 g/mol. The highest BCUT2D eigenvalue weighted by Gasteiger charge is 2.02. The van der Waals surface area contributed by atoms with E-state index in [-0.39, 0.29) is 5.75 Å². The zero-order valence-electron chi connectivity index (χ0n) is 6.37. The zero-order valence-corrected chi connectivity index (χ0v) is 7.94. The Hall–Kier alpha value is -0.380. The second-order valence-electron chi connectivity index (χ2n) is 2.37. The van der Waals surface area contributed by atoms with Crippen molar-refractivity contribution in [1.82, 2.24) is 0 Å². The van der Waals surface area contributed by atoms with Crippen LogP contribution in [0.1, 0.15) is 11.1 Å². The summed E-state index contributed by atoms with van der Waals surface area (Å²) >= 11 is 3.85. The summed E-state index contributed by atoms with van der Waals surface area (Å²) in [4.78, 5) is 0. The van der Waals surface area contributed by atoms with E-state index in [4.69, 9.17) is 16.2 Å². The molecule has 0 aliphatic heterocycles. The first kappa shape index (κ1) is 9.71. The van der Waals surface area contributed by atoms with Crippen LogP contribution in [0, 0.1) is 0 Å². The summed E-state index contributed by atoms with van der Waals surface area (Å²) in [5, 5.41) is 0. The van der Waals surface area contributed by atoms with Gasteiger partial charge < -0.3 is 4.55 Å². The van der Waals surface area contributed by atoms with Gasteiger partial charge in [0.15, 0.2) is 11.1 Å². The third kappa shape index (κ3) is 2.59. The van der Waals surface area contributed by atoms with Crippen LogP contribution in [0.4, 0.5) is 0 Å². The minimum atomic E-state index is -1.79. The van der Waals surface area contributed by atoms with Gasteiger partial charge in [-0.15, -0.1) is 11.6 Å². The van der Waals surface area contributed by atoms with E-state index in [9.17, 15) is 4.21 Å². The van der Waals surface area contributed by atoms with E-state index in [1.54, 1.807) is 0 Å². The predicted octanol–water partition coefficient (Wildman–Crippen LogP) is 2.15. The summed E-state index contributed by atoms with van der Waals surface area (Å²) in [6, 6.07) is 7.36. The van der Waals surface area contributed by atoms with Crippen molar-refractivity contribution in [2.24, 2.45) is 0 Å². The van der Waals surface area contributed by atoms with Crippen LogP contribution in [-0.4, -0.2) is 8.76 Å². The Labute approximate surface area is 78.8 Å². The van der Waals surface area contributed by atoms with Gasteiger partial charge >= 0.3 is 0 Å². The smallest absolute Gasteiger partial charge is 0.157 e. The van der Waals surface area contributed by atoms with Gasteiger partial charge in [-0.25, -0.2) is 4.21 Å². The third-order valence-corrected chi connectivity index (χ3v) is 2.39. The Bertz CT molecular complexity index is 288. The summed E-state index contributed by atoms with van der Waals surface area (Å²) in [6.45, 7) is 0. The van der Waals surface area contributed by atoms with Crippen LogP contribution in [0.25, 0.3) is 0 Å². The van der Waals surface area contributed by atoms with E-state index >= 15 is 0 Å². The number of halogens is 1. The maximum absolute atomic E-state index is 10.5. The summed E-state index contributed by atoms with van der Waals surface area (Å²) < 4.78 is 19.2. The van der Waals surface area contributed by atoms with E-state index in [0.29, 0.717) is 5.88 Å². The Morgan fingerprint density at radius 3 is 2.42 bits per heavy atom. The van der Waals surface area contributed by atoms with Crippen molar-refractivity contribution in [3.63, 3.8) is 0 Å². The fraction of sp³-hybridized carbons (Fsp3) is 0.250. The third-order valence-electron chi connectivity index (χ3n) is 1.54. The molecular weight excluding hydrogens is 196 g/mol. The molecule has 0 spiro atoms. The van der Waals surface area contributed by atoms with Crippen LogP contribution in [0.3, 0.4) is 0 Å². The minimum absolute atomic E-state index is 0.156. The number of alkyl halides is 1. The lowest BCUT2D eigenvalue weighted by atomic mass is 10.1. The Morgan fingerprint density at radius 1 is 1.33 bits per heavy atom. The van der Waals surface area contributed by atoms with E-state index in [1.165, 1.54) is 0 Å². The van der Waals surface area contributed by atoms with Crippen molar-refractivity contribution >= 4 is 22.7 Å². The van der Waals surface area contributed by atoms with E-state index in [2.05, 4.69) is 0 Å².